The average Bonchev–Trinajstić information content (AvgIpc) is 2.63. The number of ether oxygens (including phenoxy) is 1. The van der Waals surface area contributed by atoms with Crippen molar-refractivity contribution in [1.29, 1.82) is 5.26 Å². The zero-order valence-electron chi connectivity index (χ0n) is 8.53. The SMILES string of the molecule is CC1CC(C#N)(N2CCOCC2)CS1. The Bertz CT molecular complexity index is 247. The second-order valence-electron chi connectivity index (χ2n) is 4.07. The fourth-order valence-electron chi connectivity index (χ4n) is 2.23. The molecule has 2 saturated heterocycles. The second-order valence-corrected chi connectivity index (χ2v) is 5.50. The van der Waals surface area contributed by atoms with Gasteiger partial charge in [0.15, 0.2) is 0 Å². The van der Waals surface area contributed by atoms with Crippen LogP contribution < -0.4 is 0 Å². The summed E-state index contributed by atoms with van der Waals surface area (Å²) in [7, 11) is 0. The van der Waals surface area contributed by atoms with E-state index in [4.69, 9.17) is 4.74 Å². The van der Waals surface area contributed by atoms with Gasteiger partial charge in [-0.1, -0.05) is 6.92 Å². The number of nitriles is 1. The van der Waals surface area contributed by atoms with Crippen molar-refractivity contribution in [3.05, 3.63) is 0 Å². The summed E-state index contributed by atoms with van der Waals surface area (Å²) in [5.41, 5.74) is -0.201. The summed E-state index contributed by atoms with van der Waals surface area (Å²) in [5.74, 6) is 0.963. The Morgan fingerprint density at radius 3 is 2.71 bits per heavy atom. The molecule has 2 aliphatic heterocycles. The minimum atomic E-state index is -0.201. The molecule has 4 heteroatoms. The lowest BCUT2D eigenvalue weighted by atomic mass is 9.95. The highest BCUT2D eigenvalue weighted by Gasteiger charge is 2.43. The highest BCUT2D eigenvalue weighted by atomic mass is 32.2. The lowest BCUT2D eigenvalue weighted by Gasteiger charge is -2.37. The molecule has 2 heterocycles. The van der Waals surface area contributed by atoms with E-state index in [-0.39, 0.29) is 5.54 Å². The minimum Gasteiger partial charge on any atom is -0.379 e. The first-order valence-corrected chi connectivity index (χ1v) is 6.17. The monoisotopic (exact) mass is 212 g/mol. The summed E-state index contributed by atoms with van der Waals surface area (Å²) in [6.07, 6.45) is 1.01. The number of nitrogens with zero attached hydrogens (tertiary/aromatic N) is 2. The van der Waals surface area contributed by atoms with Crippen LogP contribution in [0.3, 0.4) is 0 Å². The fraction of sp³-hybridized carbons (Fsp3) is 0.900. The van der Waals surface area contributed by atoms with E-state index in [2.05, 4.69) is 17.9 Å². The van der Waals surface area contributed by atoms with E-state index in [0.29, 0.717) is 5.25 Å². The van der Waals surface area contributed by atoms with Gasteiger partial charge in [-0.25, -0.2) is 0 Å². The molecule has 0 radical (unpaired) electrons. The highest BCUT2D eigenvalue weighted by Crippen LogP contribution is 2.38. The molecule has 2 fully saturated rings. The van der Waals surface area contributed by atoms with Crippen LogP contribution in [0, 0.1) is 11.3 Å². The standard InChI is InChI=1S/C10H16N2OS/c1-9-6-10(7-11,8-14-9)12-2-4-13-5-3-12/h9H,2-6,8H2,1H3. The predicted octanol–water partition coefficient (Wildman–Crippen LogP) is 1.11. The van der Waals surface area contributed by atoms with Gasteiger partial charge in [-0.3, -0.25) is 4.90 Å². The normalized spacial score (nSPS) is 39.6. The fourth-order valence-corrected chi connectivity index (χ4v) is 3.55. The molecule has 2 unspecified atom stereocenters. The second kappa shape index (κ2) is 4.09. The minimum absolute atomic E-state index is 0.201. The molecule has 0 bridgehead atoms. The average molecular weight is 212 g/mol. The summed E-state index contributed by atoms with van der Waals surface area (Å²) in [4.78, 5) is 2.31. The van der Waals surface area contributed by atoms with Gasteiger partial charge >= 0.3 is 0 Å². The maximum absolute atomic E-state index is 9.34. The predicted molar refractivity (Wildman–Crippen MR) is 57.3 cm³/mol. The summed E-state index contributed by atoms with van der Waals surface area (Å²) in [5, 5.41) is 9.96. The van der Waals surface area contributed by atoms with E-state index in [0.717, 1.165) is 38.5 Å². The maximum Gasteiger partial charge on any atom is 0.119 e. The van der Waals surface area contributed by atoms with Gasteiger partial charge in [-0.05, 0) is 6.42 Å². The van der Waals surface area contributed by atoms with Crippen LogP contribution in [0.2, 0.25) is 0 Å². The van der Waals surface area contributed by atoms with Gasteiger partial charge in [-0.2, -0.15) is 17.0 Å². The molecule has 0 aromatic carbocycles. The van der Waals surface area contributed by atoms with E-state index in [1.165, 1.54) is 0 Å². The van der Waals surface area contributed by atoms with Gasteiger partial charge in [0.25, 0.3) is 0 Å². The smallest absolute Gasteiger partial charge is 0.119 e. The third-order valence-corrected chi connectivity index (χ3v) is 4.44. The zero-order chi connectivity index (χ0) is 10.0. The number of morpholine rings is 1. The molecule has 3 nitrogen and oxygen atoms in total. The van der Waals surface area contributed by atoms with Crippen LogP contribution >= 0.6 is 11.8 Å². The molecule has 2 atom stereocenters. The van der Waals surface area contributed by atoms with Crippen LogP contribution in [0.25, 0.3) is 0 Å². The lowest BCUT2D eigenvalue weighted by molar-refractivity contribution is 0.00293. The van der Waals surface area contributed by atoms with Gasteiger partial charge in [0.1, 0.15) is 5.54 Å². The molecule has 14 heavy (non-hydrogen) atoms. The summed E-state index contributed by atoms with van der Waals surface area (Å²) < 4.78 is 5.32. The van der Waals surface area contributed by atoms with Crippen molar-refractivity contribution in [3.8, 4) is 6.07 Å². The quantitative estimate of drug-likeness (QED) is 0.652. The van der Waals surface area contributed by atoms with Crippen molar-refractivity contribution in [2.75, 3.05) is 32.1 Å². The molecule has 2 rings (SSSR count). The van der Waals surface area contributed by atoms with Gasteiger partial charge in [0.2, 0.25) is 0 Å². The molecule has 0 amide bonds. The molecule has 78 valence electrons. The summed E-state index contributed by atoms with van der Waals surface area (Å²) in [6.45, 7) is 5.61. The van der Waals surface area contributed by atoms with Crippen LogP contribution in [0.4, 0.5) is 0 Å². The summed E-state index contributed by atoms with van der Waals surface area (Å²) >= 11 is 1.92. The first-order chi connectivity index (χ1) is 6.77. The molecule has 0 aromatic heterocycles. The van der Waals surface area contributed by atoms with Crippen LogP contribution in [-0.2, 0) is 4.74 Å². The highest BCUT2D eigenvalue weighted by molar-refractivity contribution is 8.00. The van der Waals surface area contributed by atoms with Crippen LogP contribution in [0.1, 0.15) is 13.3 Å². The van der Waals surface area contributed by atoms with E-state index in [1.54, 1.807) is 0 Å². The van der Waals surface area contributed by atoms with Gasteiger partial charge in [0.05, 0.1) is 19.3 Å². The Labute approximate surface area is 89.4 Å². The van der Waals surface area contributed by atoms with E-state index < -0.39 is 0 Å². The largest absolute Gasteiger partial charge is 0.379 e. The first-order valence-electron chi connectivity index (χ1n) is 5.12. The zero-order valence-corrected chi connectivity index (χ0v) is 9.35. The Kier molecular flexibility index (Phi) is 3.01. The van der Waals surface area contributed by atoms with Crippen molar-refractivity contribution >= 4 is 11.8 Å². The molecular weight excluding hydrogens is 196 g/mol. The molecule has 0 aliphatic carbocycles. The molecule has 0 saturated carbocycles. The lowest BCUT2D eigenvalue weighted by Crippen LogP contribution is -2.53. The van der Waals surface area contributed by atoms with Gasteiger partial charge < -0.3 is 4.74 Å². The van der Waals surface area contributed by atoms with E-state index in [9.17, 15) is 5.26 Å². The molecule has 0 aromatic rings. The van der Waals surface area contributed by atoms with Gasteiger partial charge in [0, 0.05) is 24.1 Å². The molecule has 0 spiro atoms. The maximum atomic E-state index is 9.34. The molecule has 2 aliphatic rings. The molecular formula is C10H16N2OS. The third kappa shape index (κ3) is 1.77. The number of thioether (sulfide) groups is 1. The van der Waals surface area contributed by atoms with Crippen LogP contribution in [0.15, 0.2) is 0 Å². The van der Waals surface area contributed by atoms with Crippen molar-refractivity contribution in [2.45, 2.75) is 24.1 Å². The first kappa shape index (κ1) is 10.3. The number of hydrogen-bond donors (Lipinski definition) is 0. The molecule has 0 N–H and O–H groups in total. The van der Waals surface area contributed by atoms with Crippen LogP contribution in [-0.4, -0.2) is 47.7 Å². The van der Waals surface area contributed by atoms with Crippen molar-refractivity contribution in [1.82, 2.24) is 4.90 Å². The van der Waals surface area contributed by atoms with Crippen LogP contribution in [0.5, 0.6) is 0 Å². The number of hydrogen-bond acceptors (Lipinski definition) is 4. The van der Waals surface area contributed by atoms with E-state index >= 15 is 0 Å². The Hall–Kier alpha value is -0.240. The third-order valence-electron chi connectivity index (χ3n) is 3.06. The van der Waals surface area contributed by atoms with Crippen molar-refractivity contribution in [3.63, 3.8) is 0 Å². The van der Waals surface area contributed by atoms with Gasteiger partial charge in [-0.15, -0.1) is 0 Å². The van der Waals surface area contributed by atoms with E-state index in [1.807, 2.05) is 11.8 Å². The van der Waals surface area contributed by atoms with Crippen molar-refractivity contribution in [2.24, 2.45) is 0 Å². The van der Waals surface area contributed by atoms with Crippen molar-refractivity contribution < 1.29 is 4.74 Å². The Morgan fingerprint density at radius 1 is 1.50 bits per heavy atom. The summed E-state index contributed by atoms with van der Waals surface area (Å²) in [6, 6.07) is 2.53. The number of rotatable bonds is 1. The topological polar surface area (TPSA) is 36.3 Å². The Balaban J connectivity index is 2.08. The Morgan fingerprint density at radius 2 is 2.21 bits per heavy atom.